The number of methoxy groups -OCH3 is 1. The van der Waals surface area contributed by atoms with Crippen molar-refractivity contribution in [3.05, 3.63) is 66.0 Å². The molecule has 9 nitrogen and oxygen atoms in total. The van der Waals surface area contributed by atoms with Crippen LogP contribution in [0.2, 0.25) is 0 Å². The third-order valence-corrected chi connectivity index (χ3v) is 7.41. The Kier molecular flexibility index (Phi) is 7.25. The maximum atomic E-state index is 16.0. The molecule has 39 heavy (non-hydrogen) atoms. The van der Waals surface area contributed by atoms with Crippen LogP contribution >= 0.6 is 0 Å². The average molecular weight is 535 g/mol. The Morgan fingerprint density at radius 3 is 2.62 bits per heavy atom. The van der Waals surface area contributed by atoms with Gasteiger partial charge in [0.1, 0.15) is 22.9 Å². The topological polar surface area (TPSA) is 82.9 Å². The van der Waals surface area contributed by atoms with E-state index in [1.807, 2.05) is 17.0 Å². The molecule has 2 aliphatic heterocycles. The first-order valence-corrected chi connectivity index (χ1v) is 13.4. The predicted octanol–water partition coefficient (Wildman–Crippen LogP) is 3.56. The van der Waals surface area contributed by atoms with Crippen molar-refractivity contribution in [2.75, 3.05) is 56.6 Å². The molecule has 2 N–H and O–H groups in total. The Morgan fingerprint density at radius 2 is 1.87 bits per heavy atom. The highest BCUT2D eigenvalue weighted by Crippen LogP contribution is 2.29. The number of imidazole rings is 1. The van der Waals surface area contributed by atoms with E-state index in [-0.39, 0.29) is 17.7 Å². The van der Waals surface area contributed by atoms with E-state index >= 15 is 4.39 Å². The number of aromatic nitrogens is 4. The molecule has 4 aromatic rings. The molecule has 0 amide bonds. The van der Waals surface area contributed by atoms with E-state index in [2.05, 4.69) is 42.6 Å². The van der Waals surface area contributed by atoms with Gasteiger partial charge in [-0.25, -0.2) is 19.3 Å². The first-order valence-electron chi connectivity index (χ1n) is 13.4. The minimum Gasteiger partial charge on any atom is -0.497 e. The van der Waals surface area contributed by atoms with Gasteiger partial charge in [-0.3, -0.25) is 9.30 Å². The lowest BCUT2D eigenvalue weighted by Gasteiger charge is -2.36. The molecular weight excluding hydrogens is 502 g/mol. The zero-order chi connectivity index (χ0) is 26.8. The molecule has 2 aliphatic rings. The number of halogens is 2. The zero-order valence-corrected chi connectivity index (χ0v) is 21.9. The van der Waals surface area contributed by atoms with Crippen LogP contribution in [0.1, 0.15) is 18.4 Å². The zero-order valence-electron chi connectivity index (χ0n) is 21.9. The molecule has 6 rings (SSSR count). The molecule has 0 unspecified atom stereocenters. The molecule has 1 aromatic carbocycles. The predicted molar refractivity (Wildman–Crippen MR) is 146 cm³/mol. The first-order chi connectivity index (χ1) is 19.1. The number of nitrogens with one attached hydrogen (secondary N) is 2. The summed E-state index contributed by atoms with van der Waals surface area (Å²) >= 11 is 0. The van der Waals surface area contributed by atoms with Gasteiger partial charge in [-0.15, -0.1) is 0 Å². The fraction of sp³-hybridized carbons (Fsp3) is 0.393. The number of ether oxygens (including phenoxy) is 1. The molecule has 204 valence electrons. The molecular formula is C28H32F2N8O. The van der Waals surface area contributed by atoms with E-state index in [9.17, 15) is 4.39 Å². The van der Waals surface area contributed by atoms with Crippen LogP contribution in [-0.4, -0.2) is 76.7 Å². The lowest BCUT2D eigenvalue weighted by Crippen LogP contribution is -2.46. The lowest BCUT2D eigenvalue weighted by molar-refractivity contribution is 0.248. The number of piperazine rings is 1. The summed E-state index contributed by atoms with van der Waals surface area (Å²) in [5, 5.41) is 6.65. The number of benzene rings is 1. The van der Waals surface area contributed by atoms with Crippen molar-refractivity contribution >= 4 is 17.3 Å². The second kappa shape index (κ2) is 11.1. The Hall–Kier alpha value is -3.83. The molecule has 1 atom stereocenters. The average Bonchev–Trinajstić information content (AvgIpc) is 3.39. The summed E-state index contributed by atoms with van der Waals surface area (Å²) < 4.78 is 36.9. The highest BCUT2D eigenvalue weighted by Gasteiger charge is 2.26. The summed E-state index contributed by atoms with van der Waals surface area (Å²) in [7, 11) is 1.66. The van der Waals surface area contributed by atoms with Crippen LogP contribution in [0.25, 0.3) is 17.2 Å². The quantitative estimate of drug-likeness (QED) is 0.373. The van der Waals surface area contributed by atoms with Gasteiger partial charge in [-0.1, -0.05) is 12.1 Å². The van der Waals surface area contributed by atoms with Gasteiger partial charge in [0.2, 0.25) is 5.82 Å². The van der Waals surface area contributed by atoms with Crippen LogP contribution in [0.3, 0.4) is 0 Å². The minimum absolute atomic E-state index is 0.0600. The summed E-state index contributed by atoms with van der Waals surface area (Å²) in [5.74, 6) is 0.686. The highest BCUT2D eigenvalue weighted by atomic mass is 19.1. The molecule has 2 saturated heterocycles. The van der Waals surface area contributed by atoms with Gasteiger partial charge in [-0.05, 0) is 49.2 Å². The van der Waals surface area contributed by atoms with Crippen molar-refractivity contribution < 1.29 is 13.5 Å². The third-order valence-electron chi connectivity index (χ3n) is 7.41. The Balaban J connectivity index is 1.27. The summed E-state index contributed by atoms with van der Waals surface area (Å²) in [6.45, 7) is 5.27. The Labute approximate surface area is 225 Å². The fourth-order valence-electron chi connectivity index (χ4n) is 5.25. The summed E-state index contributed by atoms with van der Waals surface area (Å²) in [6.07, 6.45) is 4.88. The normalized spacial score (nSPS) is 18.4. The minimum atomic E-state index is -0.465. The standard InChI is InChI=1S/C28H32F2N8O/c1-39-22-7-4-19(5-8-22)17-36-11-13-37(14-12-36)28-25(30)27(33-21-3-2-10-31-15-21)34-26(35-28)23-16-32-24-9-6-20(29)18-38(23)24/h4-9,16,18,21,31H,2-3,10-15,17H2,1H3,(H,33,34,35)/t21-/m1/s1. The van der Waals surface area contributed by atoms with Gasteiger partial charge in [0, 0.05) is 51.5 Å². The number of pyridine rings is 1. The van der Waals surface area contributed by atoms with Gasteiger partial charge >= 0.3 is 0 Å². The molecule has 0 saturated carbocycles. The maximum absolute atomic E-state index is 16.0. The Bertz CT molecular complexity index is 1430. The van der Waals surface area contributed by atoms with Crippen molar-refractivity contribution in [2.45, 2.75) is 25.4 Å². The van der Waals surface area contributed by atoms with E-state index in [4.69, 9.17) is 4.74 Å². The SMILES string of the molecule is COc1ccc(CN2CCN(c3nc(-c4cnc5ccc(F)cn45)nc(N[C@@H]4CCCNC4)c3F)CC2)cc1. The summed E-state index contributed by atoms with van der Waals surface area (Å²) in [6, 6.07) is 11.1. The molecule has 0 spiro atoms. The number of hydrogen-bond donors (Lipinski definition) is 2. The van der Waals surface area contributed by atoms with Crippen molar-refractivity contribution in [3.63, 3.8) is 0 Å². The molecule has 0 radical (unpaired) electrons. The van der Waals surface area contributed by atoms with Crippen LogP contribution < -0.4 is 20.3 Å². The number of rotatable bonds is 7. The smallest absolute Gasteiger partial charge is 0.207 e. The third kappa shape index (κ3) is 5.50. The summed E-state index contributed by atoms with van der Waals surface area (Å²) in [5.41, 5.74) is 2.28. The van der Waals surface area contributed by atoms with Crippen molar-refractivity contribution in [2.24, 2.45) is 0 Å². The number of nitrogens with zero attached hydrogens (tertiary/aromatic N) is 6. The van der Waals surface area contributed by atoms with E-state index in [1.165, 1.54) is 17.8 Å². The second-order valence-corrected chi connectivity index (χ2v) is 10.1. The Morgan fingerprint density at radius 1 is 1.05 bits per heavy atom. The van der Waals surface area contributed by atoms with Crippen LogP contribution in [0, 0.1) is 11.6 Å². The van der Waals surface area contributed by atoms with Crippen LogP contribution in [0.15, 0.2) is 48.8 Å². The van der Waals surface area contributed by atoms with E-state index in [1.54, 1.807) is 23.8 Å². The first kappa shape index (κ1) is 25.4. The van der Waals surface area contributed by atoms with Crippen molar-refractivity contribution in [1.82, 2.24) is 29.6 Å². The van der Waals surface area contributed by atoms with Crippen LogP contribution in [0.4, 0.5) is 20.4 Å². The van der Waals surface area contributed by atoms with Gasteiger partial charge < -0.3 is 20.3 Å². The molecule has 0 bridgehead atoms. The monoisotopic (exact) mass is 534 g/mol. The fourth-order valence-corrected chi connectivity index (χ4v) is 5.25. The van der Waals surface area contributed by atoms with Gasteiger partial charge in [0.05, 0.1) is 13.3 Å². The van der Waals surface area contributed by atoms with Crippen LogP contribution in [0.5, 0.6) is 5.75 Å². The molecule has 3 aromatic heterocycles. The number of piperidine rings is 1. The maximum Gasteiger partial charge on any atom is 0.207 e. The number of anilines is 2. The second-order valence-electron chi connectivity index (χ2n) is 10.1. The van der Waals surface area contributed by atoms with Crippen LogP contribution in [-0.2, 0) is 6.54 Å². The van der Waals surface area contributed by atoms with E-state index in [0.29, 0.717) is 30.3 Å². The van der Waals surface area contributed by atoms with Crippen molar-refractivity contribution in [1.29, 1.82) is 0 Å². The van der Waals surface area contributed by atoms with Gasteiger partial charge in [-0.2, -0.15) is 4.39 Å². The number of fused-ring (bicyclic) bond motifs is 1. The molecule has 11 heteroatoms. The number of hydrogen-bond acceptors (Lipinski definition) is 8. The van der Waals surface area contributed by atoms with E-state index < -0.39 is 11.6 Å². The summed E-state index contributed by atoms with van der Waals surface area (Å²) in [4.78, 5) is 17.9. The van der Waals surface area contributed by atoms with E-state index in [0.717, 1.165) is 51.3 Å². The molecule has 5 heterocycles. The van der Waals surface area contributed by atoms with Gasteiger partial charge in [0.15, 0.2) is 17.5 Å². The highest BCUT2D eigenvalue weighted by molar-refractivity contribution is 5.63. The largest absolute Gasteiger partial charge is 0.497 e. The molecule has 0 aliphatic carbocycles. The molecule has 2 fully saturated rings. The lowest BCUT2D eigenvalue weighted by atomic mass is 10.1. The van der Waals surface area contributed by atoms with Gasteiger partial charge in [0.25, 0.3) is 0 Å². The van der Waals surface area contributed by atoms with Crippen molar-refractivity contribution in [3.8, 4) is 17.3 Å².